The Kier molecular flexibility index (Phi) is 8.81. The molecule has 0 aliphatic heterocycles. The third-order valence-corrected chi connectivity index (χ3v) is 6.03. The molecule has 1 N–H and O–H groups in total. The zero-order valence-electron chi connectivity index (χ0n) is 20.9. The molecule has 1 aromatic heterocycles. The summed E-state index contributed by atoms with van der Waals surface area (Å²) in [4.78, 5) is 17.3. The highest BCUT2D eigenvalue weighted by molar-refractivity contribution is 5.94. The van der Waals surface area contributed by atoms with Gasteiger partial charge in [0.1, 0.15) is 11.6 Å². The fourth-order valence-electron chi connectivity index (χ4n) is 4.17. The van der Waals surface area contributed by atoms with Crippen LogP contribution in [0, 0.1) is 0 Å². The average molecular weight is 488 g/mol. The van der Waals surface area contributed by atoms with Gasteiger partial charge in [0.2, 0.25) is 0 Å². The molecule has 0 aliphatic carbocycles. The van der Waals surface area contributed by atoms with Crippen molar-refractivity contribution in [2.75, 3.05) is 27.4 Å². The van der Waals surface area contributed by atoms with Gasteiger partial charge in [-0.15, -0.1) is 0 Å². The lowest BCUT2D eigenvalue weighted by atomic mass is 10.2. The smallest absolute Gasteiger partial charge is 0.251 e. The maximum atomic E-state index is 12.5. The van der Waals surface area contributed by atoms with E-state index in [1.54, 1.807) is 26.4 Å². The molecule has 0 fully saturated rings. The van der Waals surface area contributed by atoms with Gasteiger partial charge in [-0.3, -0.25) is 4.79 Å². The van der Waals surface area contributed by atoms with Gasteiger partial charge in [-0.05, 0) is 61.7 Å². The van der Waals surface area contributed by atoms with E-state index in [1.807, 2.05) is 54.6 Å². The summed E-state index contributed by atoms with van der Waals surface area (Å²) in [7, 11) is 3.24. The van der Waals surface area contributed by atoms with Gasteiger partial charge >= 0.3 is 0 Å². The van der Waals surface area contributed by atoms with Gasteiger partial charge < -0.3 is 24.1 Å². The number of methoxy groups -OCH3 is 2. The van der Waals surface area contributed by atoms with Gasteiger partial charge in [-0.2, -0.15) is 0 Å². The molecule has 0 saturated heterocycles. The highest BCUT2D eigenvalue weighted by atomic mass is 16.5. The quantitative estimate of drug-likeness (QED) is 0.260. The third kappa shape index (κ3) is 6.36. The van der Waals surface area contributed by atoms with Crippen molar-refractivity contribution in [3.8, 4) is 17.2 Å². The number of carbonyl (C=O) groups is 1. The zero-order chi connectivity index (χ0) is 25.2. The van der Waals surface area contributed by atoms with Crippen LogP contribution >= 0.6 is 0 Å². The molecule has 3 aromatic carbocycles. The molecule has 4 aromatic rings. The van der Waals surface area contributed by atoms with Crippen LogP contribution in [0.5, 0.6) is 17.2 Å². The van der Waals surface area contributed by atoms with E-state index in [0.29, 0.717) is 24.5 Å². The van der Waals surface area contributed by atoms with E-state index < -0.39 is 0 Å². The van der Waals surface area contributed by atoms with E-state index >= 15 is 0 Å². The summed E-state index contributed by atoms with van der Waals surface area (Å²) in [6.07, 6.45) is 3.47. The summed E-state index contributed by atoms with van der Waals surface area (Å²) in [6.45, 7) is 2.06. The van der Waals surface area contributed by atoms with Crippen LogP contribution in [0.2, 0.25) is 0 Å². The maximum Gasteiger partial charge on any atom is 0.251 e. The first-order valence-corrected chi connectivity index (χ1v) is 12.3. The Morgan fingerprint density at radius 1 is 0.889 bits per heavy atom. The van der Waals surface area contributed by atoms with Gasteiger partial charge in [-0.25, -0.2) is 4.98 Å². The highest BCUT2D eigenvalue weighted by Crippen LogP contribution is 2.26. The molecular formula is C29H33N3O4. The van der Waals surface area contributed by atoms with Crippen molar-refractivity contribution < 1.29 is 19.0 Å². The Bertz CT molecular complexity index is 1280. The van der Waals surface area contributed by atoms with Crippen LogP contribution in [0.25, 0.3) is 11.0 Å². The SMILES string of the molecule is COc1cccc(C(=O)NCCCc2nc3ccccc3n2CCCCOc2ccccc2OC)c1. The van der Waals surface area contributed by atoms with Crippen molar-refractivity contribution in [3.05, 3.63) is 84.2 Å². The number of imidazole rings is 1. The summed E-state index contributed by atoms with van der Waals surface area (Å²) in [5.74, 6) is 3.13. The highest BCUT2D eigenvalue weighted by Gasteiger charge is 2.11. The third-order valence-electron chi connectivity index (χ3n) is 6.03. The van der Waals surface area contributed by atoms with Crippen LogP contribution in [-0.2, 0) is 13.0 Å². The molecular weight excluding hydrogens is 454 g/mol. The second-order valence-corrected chi connectivity index (χ2v) is 8.47. The number of para-hydroxylation sites is 4. The van der Waals surface area contributed by atoms with Crippen molar-refractivity contribution in [2.24, 2.45) is 0 Å². The Hall–Kier alpha value is -4.00. The lowest BCUT2D eigenvalue weighted by Crippen LogP contribution is -2.25. The molecule has 1 heterocycles. The molecule has 0 unspecified atom stereocenters. The number of rotatable bonds is 13. The molecule has 4 rings (SSSR count). The predicted octanol–water partition coefficient (Wildman–Crippen LogP) is 5.28. The Morgan fingerprint density at radius 3 is 2.53 bits per heavy atom. The summed E-state index contributed by atoms with van der Waals surface area (Å²) < 4.78 is 18.8. The van der Waals surface area contributed by atoms with Crippen molar-refractivity contribution >= 4 is 16.9 Å². The monoisotopic (exact) mass is 487 g/mol. The minimum atomic E-state index is -0.0996. The molecule has 0 spiro atoms. The fourth-order valence-corrected chi connectivity index (χ4v) is 4.17. The Labute approximate surface area is 212 Å². The number of nitrogens with zero attached hydrogens (tertiary/aromatic N) is 2. The van der Waals surface area contributed by atoms with E-state index in [0.717, 1.165) is 60.6 Å². The van der Waals surface area contributed by atoms with Gasteiger partial charge in [0.15, 0.2) is 11.5 Å². The fraction of sp³-hybridized carbons (Fsp3) is 0.310. The number of nitrogens with one attached hydrogen (secondary N) is 1. The number of hydrogen-bond donors (Lipinski definition) is 1. The largest absolute Gasteiger partial charge is 0.497 e. The number of aryl methyl sites for hydroxylation is 2. The van der Waals surface area contributed by atoms with Crippen LogP contribution < -0.4 is 19.5 Å². The lowest BCUT2D eigenvalue weighted by Gasteiger charge is -2.12. The first kappa shape index (κ1) is 25.1. The maximum absolute atomic E-state index is 12.5. The van der Waals surface area contributed by atoms with Crippen molar-refractivity contribution in [3.63, 3.8) is 0 Å². The Balaban J connectivity index is 1.29. The summed E-state index contributed by atoms with van der Waals surface area (Å²) >= 11 is 0. The number of fused-ring (bicyclic) bond motifs is 1. The second kappa shape index (κ2) is 12.6. The normalized spacial score (nSPS) is 10.8. The van der Waals surface area contributed by atoms with Gasteiger partial charge in [-0.1, -0.05) is 30.3 Å². The van der Waals surface area contributed by atoms with Crippen molar-refractivity contribution in [2.45, 2.75) is 32.2 Å². The molecule has 0 atom stereocenters. The topological polar surface area (TPSA) is 74.6 Å². The number of unbranched alkanes of at least 4 members (excludes halogenated alkanes) is 1. The van der Waals surface area contributed by atoms with Crippen LogP contribution in [0.3, 0.4) is 0 Å². The second-order valence-electron chi connectivity index (χ2n) is 8.47. The van der Waals surface area contributed by atoms with Crippen LogP contribution in [0.4, 0.5) is 0 Å². The number of carbonyl (C=O) groups excluding carboxylic acids is 1. The van der Waals surface area contributed by atoms with Crippen molar-refractivity contribution in [1.29, 1.82) is 0 Å². The lowest BCUT2D eigenvalue weighted by molar-refractivity contribution is 0.0952. The first-order chi connectivity index (χ1) is 17.7. The Morgan fingerprint density at radius 2 is 1.69 bits per heavy atom. The zero-order valence-corrected chi connectivity index (χ0v) is 20.9. The van der Waals surface area contributed by atoms with E-state index in [4.69, 9.17) is 19.2 Å². The van der Waals surface area contributed by atoms with Crippen LogP contribution in [0.15, 0.2) is 72.8 Å². The van der Waals surface area contributed by atoms with Crippen molar-refractivity contribution in [1.82, 2.24) is 14.9 Å². The summed E-state index contributed by atoms with van der Waals surface area (Å²) in [5.41, 5.74) is 2.73. The minimum absolute atomic E-state index is 0.0996. The van der Waals surface area contributed by atoms with E-state index in [1.165, 1.54) is 0 Å². The standard InChI is InChI=1S/C29H33N3O4/c1-34-23-12-9-11-22(21-23)29(33)30-18-10-17-28-31-24-13-3-4-14-25(24)32(28)19-7-8-20-36-27-16-6-5-15-26(27)35-2/h3-6,9,11-16,21H,7-8,10,17-20H2,1-2H3,(H,30,33). The molecule has 0 bridgehead atoms. The van der Waals surface area contributed by atoms with E-state index in [2.05, 4.69) is 16.0 Å². The molecule has 7 nitrogen and oxygen atoms in total. The molecule has 0 radical (unpaired) electrons. The minimum Gasteiger partial charge on any atom is -0.497 e. The van der Waals surface area contributed by atoms with Crippen LogP contribution in [0.1, 0.15) is 35.4 Å². The molecule has 0 aliphatic rings. The molecule has 7 heteroatoms. The number of aromatic nitrogens is 2. The summed E-state index contributed by atoms with van der Waals surface area (Å²) in [6, 6.07) is 23.1. The molecule has 1 amide bonds. The number of amides is 1. The molecule has 188 valence electrons. The van der Waals surface area contributed by atoms with Gasteiger partial charge in [0.05, 0.1) is 31.9 Å². The molecule has 0 saturated carbocycles. The summed E-state index contributed by atoms with van der Waals surface area (Å²) in [5, 5.41) is 3.00. The van der Waals surface area contributed by atoms with Gasteiger partial charge in [0.25, 0.3) is 5.91 Å². The van der Waals surface area contributed by atoms with Gasteiger partial charge in [0, 0.05) is 25.1 Å². The molecule has 36 heavy (non-hydrogen) atoms. The average Bonchev–Trinajstić information content (AvgIpc) is 3.28. The van der Waals surface area contributed by atoms with E-state index in [9.17, 15) is 4.79 Å². The van der Waals surface area contributed by atoms with Crippen LogP contribution in [-0.4, -0.2) is 42.8 Å². The first-order valence-electron chi connectivity index (χ1n) is 12.3. The predicted molar refractivity (Wildman–Crippen MR) is 141 cm³/mol. The number of benzene rings is 3. The van der Waals surface area contributed by atoms with E-state index in [-0.39, 0.29) is 5.91 Å². The number of hydrogen-bond acceptors (Lipinski definition) is 5. The number of ether oxygens (including phenoxy) is 3.